The summed E-state index contributed by atoms with van der Waals surface area (Å²) in [6, 6.07) is 20.4. The minimum atomic E-state index is -3.67. The second-order valence-corrected chi connectivity index (χ2v) is 8.49. The maximum absolute atomic E-state index is 12.4. The van der Waals surface area contributed by atoms with Crippen LogP contribution in [0.25, 0.3) is 11.1 Å². The van der Waals surface area contributed by atoms with Crippen LogP contribution in [-0.2, 0) is 14.8 Å². The third kappa shape index (κ3) is 5.49. The molecule has 0 saturated heterocycles. The van der Waals surface area contributed by atoms with Crippen molar-refractivity contribution in [3.05, 3.63) is 84.4 Å². The number of hydrogen-bond acceptors (Lipinski definition) is 6. The minimum absolute atomic E-state index is 0.170. The van der Waals surface area contributed by atoms with Crippen molar-refractivity contribution in [2.45, 2.75) is 10.9 Å². The SMILES string of the molecule is NC[C@H](NC(=O)c1ccc(-c2ccc(NS(=O)(=O)c3ccccc3)cc2)cc1)C(=O)NO. The molecule has 0 heterocycles. The predicted molar refractivity (Wildman–Crippen MR) is 119 cm³/mol. The molecular formula is C22H22N4O5S. The summed E-state index contributed by atoms with van der Waals surface area (Å²) in [7, 11) is -3.67. The lowest BCUT2D eigenvalue weighted by Gasteiger charge is -2.14. The third-order valence-electron chi connectivity index (χ3n) is 4.64. The van der Waals surface area contributed by atoms with Gasteiger partial charge in [0.1, 0.15) is 6.04 Å². The number of carbonyl (C=O) groups is 2. The van der Waals surface area contributed by atoms with Crippen LogP contribution in [0, 0.1) is 0 Å². The summed E-state index contributed by atoms with van der Waals surface area (Å²) in [5.74, 6) is -1.32. The van der Waals surface area contributed by atoms with Crippen LogP contribution in [0.4, 0.5) is 5.69 Å². The molecule has 3 rings (SSSR count). The highest BCUT2D eigenvalue weighted by atomic mass is 32.2. The molecule has 32 heavy (non-hydrogen) atoms. The normalized spacial score (nSPS) is 11.9. The summed E-state index contributed by atoms with van der Waals surface area (Å²) in [6.45, 7) is -0.170. The van der Waals surface area contributed by atoms with Gasteiger partial charge >= 0.3 is 0 Å². The average molecular weight is 455 g/mol. The standard InChI is InChI=1S/C22H22N4O5S/c23-14-20(22(28)25-29)24-21(27)17-8-6-15(7-9-17)16-10-12-18(13-11-16)26-32(30,31)19-4-2-1-3-5-19/h1-13,20,26,29H,14,23H2,(H,24,27)(H,25,28)/t20-/m0/s1. The lowest BCUT2D eigenvalue weighted by molar-refractivity contribution is -0.130. The topological polar surface area (TPSA) is 151 Å². The molecule has 9 nitrogen and oxygen atoms in total. The number of rotatable bonds is 8. The van der Waals surface area contributed by atoms with Crippen molar-refractivity contribution in [1.82, 2.24) is 10.8 Å². The predicted octanol–water partition coefficient (Wildman–Crippen LogP) is 1.72. The van der Waals surface area contributed by atoms with Crippen LogP contribution < -0.4 is 21.3 Å². The van der Waals surface area contributed by atoms with Gasteiger partial charge in [0.2, 0.25) is 0 Å². The van der Waals surface area contributed by atoms with Gasteiger partial charge in [-0.2, -0.15) is 0 Å². The minimum Gasteiger partial charge on any atom is -0.339 e. The second kappa shape index (κ2) is 10.1. The number of sulfonamides is 1. The molecule has 1 atom stereocenters. The van der Waals surface area contributed by atoms with Crippen molar-refractivity contribution in [3.8, 4) is 11.1 Å². The fourth-order valence-corrected chi connectivity index (χ4v) is 3.99. The van der Waals surface area contributed by atoms with E-state index in [-0.39, 0.29) is 11.4 Å². The van der Waals surface area contributed by atoms with Crippen LogP contribution in [0.5, 0.6) is 0 Å². The van der Waals surface area contributed by atoms with Crippen molar-refractivity contribution >= 4 is 27.5 Å². The molecule has 0 fully saturated rings. The van der Waals surface area contributed by atoms with Crippen LogP contribution in [0.15, 0.2) is 83.8 Å². The number of carbonyl (C=O) groups excluding carboxylic acids is 2. The lowest BCUT2D eigenvalue weighted by Crippen LogP contribution is -2.50. The Hall–Kier alpha value is -3.73. The lowest BCUT2D eigenvalue weighted by atomic mass is 10.0. The Morgan fingerprint density at radius 2 is 1.44 bits per heavy atom. The quantitative estimate of drug-likeness (QED) is 0.258. The van der Waals surface area contributed by atoms with Crippen LogP contribution in [-0.4, -0.2) is 38.0 Å². The van der Waals surface area contributed by atoms with Crippen molar-refractivity contribution in [2.24, 2.45) is 5.73 Å². The van der Waals surface area contributed by atoms with Gasteiger partial charge in [0.25, 0.3) is 21.8 Å². The monoisotopic (exact) mass is 454 g/mol. The first-order chi connectivity index (χ1) is 15.3. The van der Waals surface area contributed by atoms with E-state index in [0.717, 1.165) is 11.1 Å². The third-order valence-corrected chi connectivity index (χ3v) is 6.04. The van der Waals surface area contributed by atoms with Gasteiger partial charge in [-0.05, 0) is 47.5 Å². The fraction of sp³-hybridized carbons (Fsp3) is 0.0909. The van der Waals surface area contributed by atoms with Gasteiger partial charge in [-0.3, -0.25) is 19.5 Å². The highest BCUT2D eigenvalue weighted by Crippen LogP contribution is 2.23. The van der Waals surface area contributed by atoms with Gasteiger partial charge < -0.3 is 11.1 Å². The van der Waals surface area contributed by atoms with Crippen molar-refractivity contribution in [3.63, 3.8) is 0 Å². The zero-order valence-corrected chi connectivity index (χ0v) is 17.7. The van der Waals surface area contributed by atoms with Crippen molar-refractivity contribution < 1.29 is 23.2 Å². The molecule has 3 aromatic rings. The van der Waals surface area contributed by atoms with Gasteiger partial charge in [-0.15, -0.1) is 0 Å². The molecule has 0 bridgehead atoms. The van der Waals surface area contributed by atoms with Crippen LogP contribution in [0.3, 0.4) is 0 Å². The molecule has 6 N–H and O–H groups in total. The summed E-state index contributed by atoms with van der Waals surface area (Å²) in [4.78, 5) is 23.9. The molecule has 0 aromatic heterocycles. The average Bonchev–Trinajstić information content (AvgIpc) is 2.83. The van der Waals surface area contributed by atoms with E-state index in [4.69, 9.17) is 10.9 Å². The van der Waals surface area contributed by atoms with Gasteiger partial charge in [-0.1, -0.05) is 42.5 Å². The number of nitrogens with two attached hydrogens (primary N) is 1. The summed E-state index contributed by atoms with van der Waals surface area (Å²) in [6.07, 6.45) is 0. The Kier molecular flexibility index (Phi) is 7.21. The number of hydrogen-bond donors (Lipinski definition) is 5. The Bertz CT molecular complexity index is 1180. The zero-order chi connectivity index (χ0) is 23.1. The first-order valence-corrected chi connectivity index (χ1v) is 11.1. The first kappa shape index (κ1) is 22.9. The van der Waals surface area contributed by atoms with Crippen molar-refractivity contribution in [2.75, 3.05) is 11.3 Å². The van der Waals surface area contributed by atoms with Crippen LogP contribution in [0.1, 0.15) is 10.4 Å². The highest BCUT2D eigenvalue weighted by molar-refractivity contribution is 7.92. The Morgan fingerprint density at radius 1 is 0.875 bits per heavy atom. The van der Waals surface area contributed by atoms with E-state index in [2.05, 4.69) is 10.0 Å². The van der Waals surface area contributed by atoms with Crippen molar-refractivity contribution in [1.29, 1.82) is 0 Å². The van der Waals surface area contributed by atoms with E-state index in [1.54, 1.807) is 66.7 Å². The van der Waals surface area contributed by atoms with Gasteiger partial charge in [0.05, 0.1) is 4.90 Å². The van der Waals surface area contributed by atoms with E-state index in [0.29, 0.717) is 11.3 Å². The van der Waals surface area contributed by atoms with Gasteiger partial charge in [-0.25, -0.2) is 13.9 Å². The van der Waals surface area contributed by atoms with E-state index in [1.165, 1.54) is 17.6 Å². The summed E-state index contributed by atoms with van der Waals surface area (Å²) < 4.78 is 27.4. The molecule has 3 aromatic carbocycles. The molecule has 0 unspecified atom stereocenters. The number of amides is 2. The fourth-order valence-electron chi connectivity index (χ4n) is 2.91. The summed E-state index contributed by atoms with van der Waals surface area (Å²) >= 11 is 0. The van der Waals surface area contributed by atoms with E-state index in [9.17, 15) is 18.0 Å². The number of hydroxylamine groups is 1. The van der Waals surface area contributed by atoms with Gasteiger partial charge in [0.15, 0.2) is 0 Å². The Balaban J connectivity index is 1.69. The number of anilines is 1. The molecule has 0 aliphatic carbocycles. The molecule has 166 valence electrons. The summed E-state index contributed by atoms with van der Waals surface area (Å²) in [5.41, 5.74) is 9.24. The molecule has 0 saturated carbocycles. The molecule has 0 spiro atoms. The molecule has 0 aliphatic rings. The number of benzene rings is 3. The largest absolute Gasteiger partial charge is 0.339 e. The zero-order valence-electron chi connectivity index (χ0n) is 16.9. The van der Waals surface area contributed by atoms with E-state index < -0.39 is 27.9 Å². The smallest absolute Gasteiger partial charge is 0.267 e. The Labute approximate surface area is 185 Å². The second-order valence-electron chi connectivity index (χ2n) is 6.81. The molecule has 0 radical (unpaired) electrons. The van der Waals surface area contributed by atoms with E-state index in [1.807, 2.05) is 0 Å². The van der Waals surface area contributed by atoms with E-state index >= 15 is 0 Å². The highest BCUT2D eigenvalue weighted by Gasteiger charge is 2.19. The first-order valence-electron chi connectivity index (χ1n) is 9.57. The maximum Gasteiger partial charge on any atom is 0.267 e. The maximum atomic E-state index is 12.4. The van der Waals surface area contributed by atoms with Crippen LogP contribution in [0.2, 0.25) is 0 Å². The summed E-state index contributed by atoms with van der Waals surface area (Å²) in [5, 5.41) is 11.1. The molecular weight excluding hydrogens is 432 g/mol. The van der Waals surface area contributed by atoms with Gasteiger partial charge in [0, 0.05) is 17.8 Å². The molecule has 0 aliphatic heterocycles. The molecule has 2 amide bonds. The van der Waals surface area contributed by atoms with Crippen LogP contribution >= 0.6 is 0 Å². The Morgan fingerprint density at radius 3 is 1.97 bits per heavy atom. The molecule has 10 heteroatoms. The number of nitrogens with one attached hydrogen (secondary N) is 3.